The van der Waals surface area contributed by atoms with E-state index >= 15 is 4.39 Å². The van der Waals surface area contributed by atoms with Gasteiger partial charge in [-0.2, -0.15) is 0 Å². The number of fused-ring (bicyclic) bond motifs is 5. The number of carbonyl (C=O) groups is 5. The largest absolute Gasteiger partial charge is 0.458 e. The number of hydrogen-bond donors (Lipinski definition) is 6. The van der Waals surface area contributed by atoms with Gasteiger partial charge in [0.25, 0.3) is 5.56 Å². The summed E-state index contributed by atoms with van der Waals surface area (Å²) < 4.78 is 28.3. The fourth-order valence-electron chi connectivity index (χ4n) is 8.32. The monoisotopic (exact) mass is 839 g/mol. The Morgan fingerprint density at radius 1 is 1.05 bits per heavy atom. The molecular weight excluding hydrogens is 790 g/mol. The van der Waals surface area contributed by atoms with Crippen molar-refractivity contribution in [1.82, 2.24) is 30.8 Å². The Morgan fingerprint density at radius 3 is 2.48 bits per heavy atom. The molecule has 4 heterocycles. The molecule has 2 aliphatic heterocycles. The average molecular weight is 840 g/mol. The second-order valence-corrected chi connectivity index (χ2v) is 16.7. The van der Waals surface area contributed by atoms with Crippen LogP contribution in [0.1, 0.15) is 85.5 Å². The molecule has 0 radical (unpaired) electrons. The van der Waals surface area contributed by atoms with E-state index in [1.807, 2.05) is 6.07 Å². The van der Waals surface area contributed by atoms with Crippen LogP contribution in [-0.2, 0) is 65.0 Å². The number of rotatable bonds is 13. The Kier molecular flexibility index (Phi) is 11.8. The number of benzene rings is 2. The first-order valence-corrected chi connectivity index (χ1v) is 20.3. The standard InChI is InChI=1S/C44H50FN7O9/c1-6-44(59)27-15-33-38-25(19-52(33)41(57)26(27)20-60-42(44)58)37-29(13-12-24-22(2)28(45)16-30(49-38)36(24)37)50-40(56)32(21-61-43(3,4)5)51-39(55)31(14-23-10-8-7-9-11-23)48-35(54)18-47-34(53)17-46/h7-11,15-16,29,31-32,59H,6,12-14,17-21,46H2,1-5H3,(H,47,53)(H,48,54)(H,50,56)(H,51,55)/t29-,31-,32-,44-/m0/s1. The van der Waals surface area contributed by atoms with Gasteiger partial charge in [0.15, 0.2) is 5.60 Å². The molecule has 0 saturated heterocycles. The number of carbonyl (C=O) groups excluding carboxylic acids is 5. The van der Waals surface area contributed by atoms with Crippen LogP contribution in [0, 0.1) is 12.7 Å². The molecule has 61 heavy (non-hydrogen) atoms. The maximum absolute atomic E-state index is 15.5. The van der Waals surface area contributed by atoms with Crippen molar-refractivity contribution in [2.75, 3.05) is 19.7 Å². The number of ether oxygens (including phenoxy) is 2. The number of hydrogen-bond acceptors (Lipinski definition) is 11. The number of nitrogens with two attached hydrogens (primary N) is 1. The summed E-state index contributed by atoms with van der Waals surface area (Å²) in [6, 6.07) is 8.72. The van der Waals surface area contributed by atoms with Gasteiger partial charge in [-0.1, -0.05) is 37.3 Å². The first-order chi connectivity index (χ1) is 28.9. The summed E-state index contributed by atoms with van der Waals surface area (Å²) in [5.74, 6) is -3.81. The molecule has 3 aliphatic rings. The number of nitrogens with one attached hydrogen (secondary N) is 4. The van der Waals surface area contributed by atoms with Crippen molar-refractivity contribution < 1.29 is 42.9 Å². The van der Waals surface area contributed by atoms with Gasteiger partial charge < -0.3 is 46.1 Å². The van der Waals surface area contributed by atoms with Gasteiger partial charge in [-0.15, -0.1) is 0 Å². The molecule has 2 aromatic heterocycles. The molecule has 7 N–H and O–H groups in total. The minimum Gasteiger partial charge on any atom is -0.458 e. The number of aromatic nitrogens is 2. The van der Waals surface area contributed by atoms with Crippen molar-refractivity contribution in [3.63, 3.8) is 0 Å². The molecular formula is C44H50FN7O9. The Morgan fingerprint density at radius 2 is 1.79 bits per heavy atom. The number of halogens is 1. The highest BCUT2D eigenvalue weighted by molar-refractivity contribution is 5.96. The third-order valence-corrected chi connectivity index (χ3v) is 11.6. The summed E-state index contributed by atoms with van der Waals surface area (Å²) in [6.07, 6.45) is 0.726. The Hall–Kier alpha value is -6.04. The van der Waals surface area contributed by atoms with Crippen LogP contribution in [-0.4, -0.2) is 81.6 Å². The summed E-state index contributed by atoms with van der Waals surface area (Å²) in [5, 5.41) is 23.0. The zero-order valence-electron chi connectivity index (χ0n) is 34.7. The van der Waals surface area contributed by atoms with Crippen LogP contribution in [0.2, 0.25) is 0 Å². The van der Waals surface area contributed by atoms with E-state index in [-0.39, 0.29) is 50.3 Å². The topological polar surface area (TPSA) is 233 Å². The number of pyridine rings is 2. The molecule has 0 bridgehead atoms. The quantitative estimate of drug-likeness (QED) is 0.0935. The normalized spacial score (nSPS) is 18.6. The summed E-state index contributed by atoms with van der Waals surface area (Å²) in [4.78, 5) is 85.1. The minimum absolute atomic E-state index is 0.0374. The third kappa shape index (κ3) is 8.37. The van der Waals surface area contributed by atoms with E-state index in [1.54, 1.807) is 65.0 Å². The van der Waals surface area contributed by atoms with Crippen molar-refractivity contribution in [1.29, 1.82) is 0 Å². The van der Waals surface area contributed by atoms with E-state index in [0.29, 0.717) is 51.8 Å². The van der Waals surface area contributed by atoms with E-state index in [0.717, 1.165) is 11.1 Å². The highest BCUT2D eigenvalue weighted by Crippen LogP contribution is 2.46. The molecule has 2 aromatic carbocycles. The number of cyclic esters (lactones) is 1. The van der Waals surface area contributed by atoms with Crippen LogP contribution in [0.4, 0.5) is 4.39 Å². The molecule has 4 atom stereocenters. The van der Waals surface area contributed by atoms with Crippen molar-refractivity contribution in [3.8, 4) is 11.4 Å². The molecule has 0 saturated carbocycles. The number of aliphatic hydroxyl groups is 1. The fraction of sp³-hybridized carbons (Fsp3) is 0.432. The Balaban J connectivity index is 1.25. The number of amides is 4. The summed E-state index contributed by atoms with van der Waals surface area (Å²) in [7, 11) is 0. The molecule has 16 nitrogen and oxygen atoms in total. The number of nitrogens with zero attached hydrogens (tertiary/aromatic N) is 2. The van der Waals surface area contributed by atoms with E-state index in [9.17, 15) is 33.9 Å². The first kappa shape index (κ1) is 43.1. The predicted molar refractivity (Wildman–Crippen MR) is 220 cm³/mol. The lowest BCUT2D eigenvalue weighted by Crippen LogP contribution is -2.57. The van der Waals surface area contributed by atoms with Gasteiger partial charge >= 0.3 is 5.97 Å². The van der Waals surface area contributed by atoms with Gasteiger partial charge in [0.05, 0.1) is 60.4 Å². The van der Waals surface area contributed by atoms with Crippen molar-refractivity contribution in [2.45, 2.75) is 103 Å². The van der Waals surface area contributed by atoms with Gasteiger partial charge in [0.2, 0.25) is 23.6 Å². The van der Waals surface area contributed by atoms with Crippen molar-refractivity contribution >= 4 is 40.5 Å². The highest BCUT2D eigenvalue weighted by Gasteiger charge is 2.46. The molecule has 0 unspecified atom stereocenters. The fourth-order valence-corrected chi connectivity index (χ4v) is 8.32. The Bertz CT molecular complexity index is 2520. The second kappa shape index (κ2) is 16.8. The van der Waals surface area contributed by atoms with Gasteiger partial charge in [0.1, 0.15) is 24.5 Å². The molecule has 0 spiro atoms. The maximum Gasteiger partial charge on any atom is 0.343 e. The molecule has 4 amide bonds. The van der Waals surface area contributed by atoms with Gasteiger partial charge in [-0.3, -0.25) is 24.0 Å². The lowest BCUT2D eigenvalue weighted by molar-refractivity contribution is -0.172. The van der Waals surface area contributed by atoms with E-state index in [2.05, 4.69) is 21.3 Å². The van der Waals surface area contributed by atoms with Crippen LogP contribution in [0.5, 0.6) is 0 Å². The highest BCUT2D eigenvalue weighted by atomic mass is 19.1. The minimum atomic E-state index is -2.05. The van der Waals surface area contributed by atoms with E-state index in [4.69, 9.17) is 20.2 Å². The third-order valence-electron chi connectivity index (χ3n) is 11.6. The SMILES string of the molecule is CC[C@@]1(O)C(=O)OCc2c1cc1n(c2=O)Cc2c-1nc1cc(F)c(C)c3c1c2[C@@H](NC(=O)[C@H](COC(C)(C)C)NC(=O)[C@H](Cc1ccccc1)NC(=O)CNC(=O)CN)CC3. The van der Waals surface area contributed by atoms with E-state index in [1.165, 1.54) is 10.6 Å². The summed E-state index contributed by atoms with van der Waals surface area (Å²) >= 11 is 0. The number of aryl methyl sites for hydroxylation is 1. The summed E-state index contributed by atoms with van der Waals surface area (Å²) in [5.41, 5.74) is 6.48. The molecule has 1 aliphatic carbocycles. The van der Waals surface area contributed by atoms with Gasteiger partial charge in [-0.05, 0) is 75.3 Å². The first-order valence-electron chi connectivity index (χ1n) is 20.3. The van der Waals surface area contributed by atoms with Gasteiger partial charge in [-0.25, -0.2) is 14.2 Å². The smallest absolute Gasteiger partial charge is 0.343 e. The van der Waals surface area contributed by atoms with Crippen LogP contribution >= 0.6 is 0 Å². The Labute approximate surface area is 350 Å². The molecule has 322 valence electrons. The predicted octanol–water partition coefficient (Wildman–Crippen LogP) is 1.73. The average Bonchev–Trinajstić information content (AvgIpc) is 3.60. The van der Waals surface area contributed by atoms with Gasteiger partial charge in [0, 0.05) is 29.0 Å². The molecule has 0 fully saturated rings. The lowest BCUT2D eigenvalue weighted by Gasteiger charge is -2.32. The van der Waals surface area contributed by atoms with Crippen LogP contribution in [0.15, 0.2) is 47.3 Å². The lowest BCUT2D eigenvalue weighted by atomic mass is 9.81. The molecule has 17 heteroatoms. The zero-order chi connectivity index (χ0) is 44.0. The van der Waals surface area contributed by atoms with Crippen molar-refractivity contribution in [3.05, 3.63) is 97.6 Å². The summed E-state index contributed by atoms with van der Waals surface area (Å²) in [6.45, 7) is 7.43. The zero-order valence-corrected chi connectivity index (χ0v) is 34.7. The van der Waals surface area contributed by atoms with Crippen LogP contribution in [0.3, 0.4) is 0 Å². The van der Waals surface area contributed by atoms with Crippen molar-refractivity contribution in [2.24, 2.45) is 5.73 Å². The van der Waals surface area contributed by atoms with E-state index < -0.39 is 76.8 Å². The van der Waals surface area contributed by atoms with Crippen LogP contribution in [0.25, 0.3) is 22.3 Å². The molecule has 4 aromatic rings. The number of esters is 1. The molecule has 7 rings (SSSR count). The second-order valence-electron chi connectivity index (χ2n) is 16.7. The van der Waals surface area contributed by atoms with Crippen LogP contribution < -0.4 is 32.6 Å². The maximum atomic E-state index is 15.5.